The molecule has 1 saturated heterocycles. The molecule has 39 heavy (non-hydrogen) atoms. The molecule has 6 atom stereocenters. The number of nitrogens with zero attached hydrogens (tertiary/aromatic N) is 2. The molecule has 2 amide bonds. The van der Waals surface area contributed by atoms with Gasteiger partial charge in [0.15, 0.2) is 5.58 Å². The third kappa shape index (κ3) is 4.70. The van der Waals surface area contributed by atoms with Crippen LogP contribution in [-0.2, 0) is 27.8 Å². The van der Waals surface area contributed by atoms with E-state index in [2.05, 4.69) is 46.8 Å². The van der Waals surface area contributed by atoms with E-state index in [-0.39, 0.29) is 22.8 Å². The van der Waals surface area contributed by atoms with Crippen LogP contribution >= 0.6 is 0 Å². The number of rotatable bonds is 3. The number of aromatic nitrogens is 1. The summed E-state index contributed by atoms with van der Waals surface area (Å²) >= 11 is 0. The number of oxazole rings is 1. The predicted molar refractivity (Wildman–Crippen MR) is 151 cm³/mol. The third-order valence-electron chi connectivity index (χ3n) is 10.5. The number of imide groups is 1. The second kappa shape index (κ2) is 9.34. The molecule has 2 aromatic rings. The summed E-state index contributed by atoms with van der Waals surface area (Å²) in [5.41, 5.74) is 3.29. The predicted octanol–water partition coefficient (Wildman–Crippen LogP) is 7.60. The highest BCUT2D eigenvalue weighted by Gasteiger charge is 2.60. The number of carbonyl (C=O) groups is 2. The molecular formula is C33H46N2O4. The van der Waals surface area contributed by atoms with E-state index in [0.29, 0.717) is 30.7 Å². The van der Waals surface area contributed by atoms with E-state index < -0.39 is 11.5 Å². The quantitative estimate of drug-likeness (QED) is 0.405. The van der Waals surface area contributed by atoms with Gasteiger partial charge in [-0.05, 0) is 104 Å². The number of carbonyl (C=O) groups excluding carboxylic acids is 2. The summed E-state index contributed by atoms with van der Waals surface area (Å²) in [7, 11) is 0. The SMILES string of the molecule is CC(C)[C@@H]1CC[C@@H](C)C[C@H]1OC(=O)N1C[C@@]2(C)C[C@](C)(C[C@@](C)(c3nc4cc5c(cc4o3)CCCC5)C2)C1=O. The van der Waals surface area contributed by atoms with Gasteiger partial charge in [0.2, 0.25) is 11.8 Å². The fourth-order valence-electron chi connectivity index (χ4n) is 9.13. The highest BCUT2D eigenvalue weighted by atomic mass is 16.6. The summed E-state index contributed by atoms with van der Waals surface area (Å²) < 4.78 is 12.6. The number of likely N-dealkylation sites (tertiary alicyclic amines) is 1. The Morgan fingerprint density at radius 2 is 1.74 bits per heavy atom. The fraction of sp³-hybridized carbons (Fsp3) is 0.727. The van der Waals surface area contributed by atoms with Gasteiger partial charge in [-0.25, -0.2) is 14.7 Å². The number of benzene rings is 1. The molecule has 2 heterocycles. The molecule has 1 aromatic heterocycles. The lowest BCUT2D eigenvalue weighted by Crippen LogP contribution is -2.62. The minimum absolute atomic E-state index is 0.104. The van der Waals surface area contributed by atoms with Crippen LogP contribution in [0.4, 0.5) is 4.79 Å². The summed E-state index contributed by atoms with van der Waals surface area (Å²) in [6, 6.07) is 4.41. The summed E-state index contributed by atoms with van der Waals surface area (Å²) in [6.45, 7) is 13.5. The first-order valence-corrected chi connectivity index (χ1v) is 15.3. The van der Waals surface area contributed by atoms with Crippen LogP contribution in [0, 0.1) is 28.6 Å². The van der Waals surface area contributed by atoms with Crippen LogP contribution in [0.5, 0.6) is 0 Å². The largest absolute Gasteiger partial charge is 0.445 e. The van der Waals surface area contributed by atoms with E-state index in [1.54, 1.807) is 0 Å². The lowest BCUT2D eigenvalue weighted by molar-refractivity contribution is -0.159. The Balaban J connectivity index is 1.25. The lowest BCUT2D eigenvalue weighted by atomic mass is 9.52. The summed E-state index contributed by atoms with van der Waals surface area (Å²) in [6.07, 6.45) is 9.43. The highest BCUT2D eigenvalue weighted by Crippen LogP contribution is 2.58. The normalized spacial score (nSPS) is 36.7. The van der Waals surface area contributed by atoms with Crippen LogP contribution in [0.1, 0.15) is 110 Å². The average molecular weight is 535 g/mol. The first kappa shape index (κ1) is 26.8. The summed E-state index contributed by atoms with van der Waals surface area (Å²) in [5, 5.41) is 0. The Morgan fingerprint density at radius 1 is 1.05 bits per heavy atom. The molecular weight excluding hydrogens is 488 g/mol. The van der Waals surface area contributed by atoms with Crippen molar-refractivity contribution in [2.24, 2.45) is 28.6 Å². The molecule has 0 spiro atoms. The van der Waals surface area contributed by atoms with Crippen molar-refractivity contribution in [3.05, 3.63) is 29.2 Å². The Labute approximate surface area is 233 Å². The second-order valence-corrected chi connectivity index (χ2v) is 14.9. The first-order valence-electron chi connectivity index (χ1n) is 15.3. The number of ether oxygens (including phenoxy) is 1. The van der Waals surface area contributed by atoms with Gasteiger partial charge >= 0.3 is 6.09 Å². The Kier molecular flexibility index (Phi) is 6.43. The van der Waals surface area contributed by atoms with Gasteiger partial charge in [0.25, 0.3) is 0 Å². The van der Waals surface area contributed by atoms with Crippen molar-refractivity contribution in [1.82, 2.24) is 9.88 Å². The molecule has 6 nitrogen and oxygen atoms in total. The van der Waals surface area contributed by atoms with Crippen molar-refractivity contribution in [2.75, 3.05) is 6.54 Å². The van der Waals surface area contributed by atoms with Gasteiger partial charge in [-0.2, -0.15) is 0 Å². The van der Waals surface area contributed by atoms with Crippen molar-refractivity contribution < 1.29 is 18.7 Å². The molecule has 212 valence electrons. The zero-order chi connectivity index (χ0) is 27.7. The van der Waals surface area contributed by atoms with Crippen LogP contribution in [0.3, 0.4) is 0 Å². The van der Waals surface area contributed by atoms with E-state index >= 15 is 0 Å². The number of aryl methyl sites for hydroxylation is 2. The van der Waals surface area contributed by atoms with Gasteiger partial charge < -0.3 is 9.15 Å². The maximum Gasteiger partial charge on any atom is 0.416 e. The highest BCUT2D eigenvalue weighted by molar-refractivity contribution is 5.96. The Morgan fingerprint density at radius 3 is 2.46 bits per heavy atom. The smallest absolute Gasteiger partial charge is 0.416 e. The minimum atomic E-state index is -0.670. The van der Waals surface area contributed by atoms with E-state index in [1.165, 1.54) is 35.3 Å². The van der Waals surface area contributed by atoms with Crippen LogP contribution in [0.2, 0.25) is 0 Å². The fourth-order valence-corrected chi connectivity index (χ4v) is 9.13. The maximum absolute atomic E-state index is 14.0. The summed E-state index contributed by atoms with van der Waals surface area (Å²) in [5.74, 6) is 1.96. The standard InChI is InChI=1S/C33H46N2O4/c1-20(2)24-12-11-21(3)13-26(24)39-30(37)35-19-31(4)16-32(5,18-33(6,17-31)29(35)36)28-34-25-14-22-9-7-8-10-23(22)15-27(25)38-28/h14-15,20-21,24,26H,7-13,16-19H2,1-6H3/t21-,24+,26-,31-,32+,33-/m1/s1. The first-order chi connectivity index (χ1) is 18.4. The van der Waals surface area contributed by atoms with Crippen molar-refractivity contribution in [2.45, 2.75) is 117 Å². The molecule has 6 rings (SSSR count). The molecule has 2 bridgehead atoms. The monoisotopic (exact) mass is 534 g/mol. The van der Waals surface area contributed by atoms with Gasteiger partial charge in [-0.1, -0.05) is 48.0 Å². The molecule has 0 unspecified atom stereocenters. The zero-order valence-corrected chi connectivity index (χ0v) is 24.8. The van der Waals surface area contributed by atoms with Gasteiger partial charge in [-0.15, -0.1) is 0 Å². The lowest BCUT2D eigenvalue weighted by Gasteiger charge is -2.56. The van der Waals surface area contributed by atoms with E-state index in [1.807, 2.05) is 6.92 Å². The van der Waals surface area contributed by atoms with Crippen molar-refractivity contribution in [3.63, 3.8) is 0 Å². The van der Waals surface area contributed by atoms with E-state index in [0.717, 1.165) is 55.5 Å². The molecule has 6 heteroatoms. The van der Waals surface area contributed by atoms with Crippen molar-refractivity contribution >= 4 is 23.1 Å². The molecule has 2 saturated carbocycles. The number of amides is 2. The maximum atomic E-state index is 14.0. The van der Waals surface area contributed by atoms with Crippen LogP contribution < -0.4 is 0 Å². The topological polar surface area (TPSA) is 72.6 Å². The molecule has 1 aromatic carbocycles. The van der Waals surface area contributed by atoms with E-state index in [4.69, 9.17) is 14.1 Å². The van der Waals surface area contributed by atoms with Crippen LogP contribution in [-0.4, -0.2) is 34.5 Å². The molecule has 0 N–H and O–H groups in total. The van der Waals surface area contributed by atoms with Crippen LogP contribution in [0.25, 0.3) is 11.1 Å². The van der Waals surface area contributed by atoms with Crippen molar-refractivity contribution in [3.8, 4) is 0 Å². The van der Waals surface area contributed by atoms with Crippen molar-refractivity contribution in [1.29, 1.82) is 0 Å². The summed E-state index contributed by atoms with van der Waals surface area (Å²) in [4.78, 5) is 34.1. The molecule has 4 aliphatic rings. The average Bonchev–Trinajstić information content (AvgIpc) is 3.28. The Bertz CT molecular complexity index is 1260. The minimum Gasteiger partial charge on any atom is -0.445 e. The number of fused-ring (bicyclic) bond motifs is 4. The van der Waals surface area contributed by atoms with Gasteiger partial charge in [0, 0.05) is 17.4 Å². The number of piperidine rings is 1. The van der Waals surface area contributed by atoms with E-state index in [9.17, 15) is 9.59 Å². The molecule has 3 fully saturated rings. The van der Waals surface area contributed by atoms with Crippen LogP contribution in [0.15, 0.2) is 16.5 Å². The number of hydrogen-bond acceptors (Lipinski definition) is 5. The third-order valence-corrected chi connectivity index (χ3v) is 10.5. The molecule has 3 aliphatic carbocycles. The van der Waals surface area contributed by atoms with Gasteiger partial charge in [-0.3, -0.25) is 4.79 Å². The number of hydrogen-bond donors (Lipinski definition) is 0. The molecule has 1 aliphatic heterocycles. The Hall–Kier alpha value is -2.37. The second-order valence-electron chi connectivity index (χ2n) is 14.9. The zero-order valence-electron chi connectivity index (χ0n) is 24.8. The van der Waals surface area contributed by atoms with Gasteiger partial charge in [0.1, 0.15) is 11.6 Å². The van der Waals surface area contributed by atoms with Gasteiger partial charge in [0.05, 0.1) is 0 Å². The molecule has 0 radical (unpaired) electrons.